The number of carbonyl (C=O) groups is 1. The first-order valence-corrected chi connectivity index (χ1v) is 12.2. The van der Waals surface area contributed by atoms with Gasteiger partial charge in [0.25, 0.3) is 5.91 Å². The van der Waals surface area contributed by atoms with E-state index in [4.69, 9.17) is 13.9 Å². The van der Waals surface area contributed by atoms with Crippen molar-refractivity contribution >= 4 is 16.9 Å². The van der Waals surface area contributed by atoms with Crippen molar-refractivity contribution in [2.24, 2.45) is 5.92 Å². The van der Waals surface area contributed by atoms with E-state index in [0.717, 1.165) is 19.0 Å². The van der Waals surface area contributed by atoms with Crippen molar-refractivity contribution in [3.8, 4) is 11.5 Å². The Hall–Kier alpha value is -3.39. The van der Waals surface area contributed by atoms with Crippen molar-refractivity contribution in [3.63, 3.8) is 0 Å². The van der Waals surface area contributed by atoms with E-state index in [1.165, 1.54) is 12.1 Å². The van der Waals surface area contributed by atoms with Gasteiger partial charge in [-0.3, -0.25) is 9.59 Å². The monoisotopic (exact) mass is 496 g/mol. The third kappa shape index (κ3) is 5.09. The van der Waals surface area contributed by atoms with Gasteiger partial charge in [-0.25, -0.2) is 4.39 Å². The van der Waals surface area contributed by atoms with Gasteiger partial charge in [0, 0.05) is 6.54 Å². The van der Waals surface area contributed by atoms with Crippen LogP contribution in [0.2, 0.25) is 0 Å². The molecule has 36 heavy (non-hydrogen) atoms. The van der Waals surface area contributed by atoms with Crippen molar-refractivity contribution in [2.75, 3.05) is 40.9 Å². The van der Waals surface area contributed by atoms with Gasteiger partial charge in [0.15, 0.2) is 16.9 Å². The number of nitrogens with zero attached hydrogens (tertiary/aromatic N) is 2. The highest BCUT2D eigenvalue weighted by Gasteiger charge is 2.42. The van der Waals surface area contributed by atoms with Crippen LogP contribution in [-0.2, 0) is 0 Å². The first-order chi connectivity index (χ1) is 17.2. The molecule has 7 nitrogen and oxygen atoms in total. The van der Waals surface area contributed by atoms with Crippen molar-refractivity contribution in [2.45, 2.75) is 32.7 Å². The molecule has 1 aliphatic rings. The lowest BCUT2D eigenvalue weighted by atomic mass is 9.98. The van der Waals surface area contributed by atoms with Gasteiger partial charge < -0.3 is 23.7 Å². The number of rotatable bonds is 10. The predicted molar refractivity (Wildman–Crippen MR) is 136 cm³/mol. The van der Waals surface area contributed by atoms with E-state index in [9.17, 15) is 14.0 Å². The van der Waals surface area contributed by atoms with Crippen molar-refractivity contribution in [1.29, 1.82) is 0 Å². The Morgan fingerprint density at radius 3 is 2.58 bits per heavy atom. The minimum Gasteiger partial charge on any atom is -0.493 e. The number of hydrogen-bond donors (Lipinski definition) is 0. The van der Waals surface area contributed by atoms with Crippen molar-refractivity contribution in [3.05, 3.63) is 69.3 Å². The molecule has 0 aliphatic carbocycles. The number of fused-ring (bicyclic) bond motifs is 2. The van der Waals surface area contributed by atoms with E-state index in [1.54, 1.807) is 24.1 Å². The van der Waals surface area contributed by atoms with Crippen molar-refractivity contribution in [1.82, 2.24) is 9.80 Å². The molecule has 0 saturated carbocycles. The topological polar surface area (TPSA) is 72.2 Å². The third-order valence-corrected chi connectivity index (χ3v) is 6.39. The molecule has 0 saturated heterocycles. The first kappa shape index (κ1) is 25.7. The molecule has 8 heteroatoms. The largest absolute Gasteiger partial charge is 0.493 e. The van der Waals surface area contributed by atoms with Gasteiger partial charge >= 0.3 is 0 Å². The van der Waals surface area contributed by atoms with E-state index >= 15 is 0 Å². The highest BCUT2D eigenvalue weighted by atomic mass is 19.1. The second-order valence-electron chi connectivity index (χ2n) is 9.81. The van der Waals surface area contributed by atoms with Crippen LogP contribution >= 0.6 is 0 Å². The third-order valence-electron chi connectivity index (χ3n) is 6.39. The summed E-state index contributed by atoms with van der Waals surface area (Å²) in [6.07, 6.45) is 1.61. The standard InChI is InChI=1S/C28H33FN2O5/c1-17(2)11-14-35-22-9-7-18(15-23(22)34-5)25-24-26(32)20-16-19(29)8-10-21(20)36-27(24)28(33)31(25)13-6-12-30(3)4/h7-10,15-17,25H,6,11-14H2,1-5H3. The molecule has 1 aromatic heterocycles. The Morgan fingerprint density at radius 1 is 1.11 bits per heavy atom. The molecule has 0 spiro atoms. The molecule has 3 aromatic rings. The second-order valence-corrected chi connectivity index (χ2v) is 9.81. The van der Waals surface area contributed by atoms with E-state index in [-0.39, 0.29) is 28.2 Å². The van der Waals surface area contributed by atoms with Gasteiger partial charge in [0.2, 0.25) is 5.76 Å². The summed E-state index contributed by atoms with van der Waals surface area (Å²) in [7, 11) is 5.49. The van der Waals surface area contributed by atoms with Gasteiger partial charge in [-0.05, 0) is 75.3 Å². The molecule has 1 unspecified atom stereocenters. The lowest BCUT2D eigenvalue weighted by molar-refractivity contribution is 0.0722. The van der Waals surface area contributed by atoms with Crippen LogP contribution in [-0.4, -0.2) is 56.6 Å². The SMILES string of the molecule is COc1cc(C2c3c(oc4ccc(F)cc4c3=O)C(=O)N2CCCN(C)C)ccc1OCCC(C)C. The summed E-state index contributed by atoms with van der Waals surface area (Å²) in [5.41, 5.74) is 0.700. The van der Waals surface area contributed by atoms with Crippen LogP contribution in [0.15, 0.2) is 45.6 Å². The maximum atomic E-state index is 14.0. The molecular formula is C28H33FN2O5. The Bertz CT molecular complexity index is 1320. The van der Waals surface area contributed by atoms with E-state index in [1.807, 2.05) is 25.1 Å². The second kappa shape index (κ2) is 10.7. The molecule has 0 N–H and O–H groups in total. The predicted octanol–water partition coefficient (Wildman–Crippen LogP) is 4.86. The highest BCUT2D eigenvalue weighted by molar-refractivity contribution is 5.99. The summed E-state index contributed by atoms with van der Waals surface area (Å²) in [6, 6.07) is 8.51. The number of hydrogen-bond acceptors (Lipinski definition) is 6. The normalized spacial score (nSPS) is 15.3. The van der Waals surface area contributed by atoms with Crippen LogP contribution in [0, 0.1) is 11.7 Å². The van der Waals surface area contributed by atoms with Gasteiger partial charge in [0.05, 0.1) is 30.7 Å². The number of halogens is 1. The van der Waals surface area contributed by atoms with Crippen LogP contribution in [0.3, 0.4) is 0 Å². The Morgan fingerprint density at radius 2 is 1.89 bits per heavy atom. The molecule has 2 aromatic carbocycles. The number of methoxy groups -OCH3 is 1. The summed E-state index contributed by atoms with van der Waals surface area (Å²) in [5, 5.41) is 0.113. The smallest absolute Gasteiger partial charge is 0.290 e. The van der Waals surface area contributed by atoms with E-state index in [0.29, 0.717) is 42.6 Å². The fourth-order valence-corrected chi connectivity index (χ4v) is 4.51. The molecule has 0 bridgehead atoms. The van der Waals surface area contributed by atoms with Gasteiger partial charge in [-0.1, -0.05) is 19.9 Å². The summed E-state index contributed by atoms with van der Waals surface area (Å²) in [4.78, 5) is 30.8. The minimum absolute atomic E-state index is 0.00480. The number of benzene rings is 2. The van der Waals surface area contributed by atoms with Gasteiger partial charge in [-0.15, -0.1) is 0 Å². The number of amides is 1. The summed E-state index contributed by atoms with van der Waals surface area (Å²) < 4.78 is 31.4. The fourth-order valence-electron chi connectivity index (χ4n) is 4.51. The molecule has 0 fully saturated rings. The fraction of sp³-hybridized carbons (Fsp3) is 0.429. The first-order valence-electron chi connectivity index (χ1n) is 12.2. The molecule has 2 heterocycles. The maximum absolute atomic E-state index is 14.0. The summed E-state index contributed by atoms with van der Waals surface area (Å²) in [6.45, 7) is 6.00. The Labute approximate surface area is 210 Å². The van der Waals surface area contributed by atoms with Gasteiger partial charge in [0.1, 0.15) is 11.4 Å². The molecule has 1 atom stereocenters. The van der Waals surface area contributed by atoms with E-state index in [2.05, 4.69) is 13.8 Å². The molecular weight excluding hydrogens is 463 g/mol. The lowest BCUT2D eigenvalue weighted by Gasteiger charge is -2.26. The average Bonchev–Trinajstić information content (AvgIpc) is 3.11. The molecule has 0 radical (unpaired) electrons. The number of ether oxygens (including phenoxy) is 2. The minimum atomic E-state index is -0.683. The van der Waals surface area contributed by atoms with Crippen LogP contribution in [0.1, 0.15) is 54.4 Å². The maximum Gasteiger partial charge on any atom is 0.290 e. The van der Waals surface area contributed by atoms with Crippen LogP contribution in [0.4, 0.5) is 4.39 Å². The quantitative estimate of drug-likeness (QED) is 0.399. The van der Waals surface area contributed by atoms with Crippen molar-refractivity contribution < 1.29 is 23.1 Å². The zero-order chi connectivity index (χ0) is 26.0. The van der Waals surface area contributed by atoms with Crippen LogP contribution in [0.25, 0.3) is 11.0 Å². The summed E-state index contributed by atoms with van der Waals surface area (Å²) in [5.74, 6) is 0.729. The highest BCUT2D eigenvalue weighted by Crippen LogP contribution is 2.41. The zero-order valence-electron chi connectivity index (χ0n) is 21.5. The van der Waals surface area contributed by atoms with Crippen LogP contribution < -0.4 is 14.9 Å². The zero-order valence-corrected chi connectivity index (χ0v) is 21.5. The average molecular weight is 497 g/mol. The Balaban J connectivity index is 1.80. The molecule has 1 amide bonds. The summed E-state index contributed by atoms with van der Waals surface area (Å²) >= 11 is 0. The molecule has 4 rings (SSSR count). The van der Waals surface area contributed by atoms with Crippen LogP contribution in [0.5, 0.6) is 11.5 Å². The molecule has 1 aliphatic heterocycles. The molecule has 192 valence electrons. The number of carbonyl (C=O) groups excluding carboxylic acids is 1. The van der Waals surface area contributed by atoms with E-state index < -0.39 is 17.3 Å². The van der Waals surface area contributed by atoms with Gasteiger partial charge in [-0.2, -0.15) is 0 Å². The Kier molecular flexibility index (Phi) is 7.64. The lowest BCUT2D eigenvalue weighted by Crippen LogP contribution is -2.32.